The summed E-state index contributed by atoms with van der Waals surface area (Å²) in [5.74, 6) is 0. The van der Waals surface area contributed by atoms with Gasteiger partial charge in [-0.15, -0.1) is 0 Å². The fourth-order valence-corrected chi connectivity index (χ4v) is 2.97. The highest BCUT2D eigenvalue weighted by atomic mass is 35.5. The number of benzene rings is 1. The lowest BCUT2D eigenvalue weighted by Gasteiger charge is -2.06. The van der Waals surface area contributed by atoms with Crippen molar-refractivity contribution in [1.82, 2.24) is 14.8 Å². The number of hydrogen-bond acceptors (Lipinski definition) is 3. The maximum atomic E-state index is 6.34. The molecule has 0 saturated carbocycles. The van der Waals surface area contributed by atoms with Crippen LogP contribution in [0.15, 0.2) is 30.6 Å². The first-order valence-electron chi connectivity index (χ1n) is 6.69. The standard InChI is InChI=1S/C15H13Cl3N4/c1-8(19)7-22-12-4-5-20-6-10(12)15(21-22)9-2-3-11(16)14(18)13(9)17/h2-6,8H,7,19H2,1H3. The molecular formula is C15H13Cl3N4. The molecule has 2 N–H and O–H groups in total. The predicted octanol–water partition coefficient (Wildman–Crippen LogP) is 4.41. The molecule has 3 rings (SSSR count). The van der Waals surface area contributed by atoms with Crippen LogP contribution in [0.5, 0.6) is 0 Å². The van der Waals surface area contributed by atoms with Crippen LogP contribution in [0.2, 0.25) is 15.1 Å². The van der Waals surface area contributed by atoms with Crippen molar-refractivity contribution in [3.8, 4) is 11.3 Å². The summed E-state index contributed by atoms with van der Waals surface area (Å²) in [5.41, 5.74) is 8.28. The van der Waals surface area contributed by atoms with Gasteiger partial charge in [-0.25, -0.2) is 0 Å². The van der Waals surface area contributed by atoms with Gasteiger partial charge in [-0.3, -0.25) is 9.67 Å². The van der Waals surface area contributed by atoms with E-state index in [-0.39, 0.29) is 6.04 Å². The second-order valence-electron chi connectivity index (χ2n) is 5.12. The molecule has 1 unspecified atom stereocenters. The Hall–Kier alpha value is -1.33. The lowest BCUT2D eigenvalue weighted by Crippen LogP contribution is -2.22. The summed E-state index contributed by atoms with van der Waals surface area (Å²) in [6.07, 6.45) is 3.48. The molecule has 0 amide bonds. The molecule has 1 atom stereocenters. The number of halogens is 3. The summed E-state index contributed by atoms with van der Waals surface area (Å²) < 4.78 is 1.86. The van der Waals surface area contributed by atoms with Crippen molar-refractivity contribution in [2.24, 2.45) is 5.73 Å². The molecular weight excluding hydrogens is 343 g/mol. The minimum absolute atomic E-state index is 0.0200. The second-order valence-corrected chi connectivity index (χ2v) is 6.29. The summed E-state index contributed by atoms with van der Waals surface area (Å²) in [7, 11) is 0. The summed E-state index contributed by atoms with van der Waals surface area (Å²) in [6, 6.07) is 5.40. The first kappa shape index (κ1) is 15.6. The van der Waals surface area contributed by atoms with Crippen molar-refractivity contribution in [2.75, 3.05) is 0 Å². The Labute approximate surface area is 142 Å². The van der Waals surface area contributed by atoms with E-state index in [1.54, 1.807) is 18.5 Å². The highest BCUT2D eigenvalue weighted by Gasteiger charge is 2.18. The van der Waals surface area contributed by atoms with E-state index in [0.717, 1.165) is 16.5 Å². The zero-order valence-corrected chi connectivity index (χ0v) is 14.0. The van der Waals surface area contributed by atoms with Crippen molar-refractivity contribution < 1.29 is 0 Å². The van der Waals surface area contributed by atoms with E-state index in [0.29, 0.717) is 27.3 Å². The maximum Gasteiger partial charge on any atom is 0.103 e. The fourth-order valence-electron chi connectivity index (χ4n) is 2.34. The van der Waals surface area contributed by atoms with Gasteiger partial charge < -0.3 is 5.73 Å². The number of rotatable bonds is 3. The summed E-state index contributed by atoms with van der Waals surface area (Å²) in [6.45, 7) is 2.53. The predicted molar refractivity (Wildman–Crippen MR) is 91.6 cm³/mol. The summed E-state index contributed by atoms with van der Waals surface area (Å²) in [4.78, 5) is 4.17. The molecule has 0 aliphatic carbocycles. The largest absolute Gasteiger partial charge is 0.326 e. The molecule has 4 nitrogen and oxygen atoms in total. The van der Waals surface area contributed by atoms with Crippen molar-refractivity contribution in [3.05, 3.63) is 45.7 Å². The van der Waals surface area contributed by atoms with Crippen molar-refractivity contribution in [1.29, 1.82) is 0 Å². The smallest absolute Gasteiger partial charge is 0.103 e. The molecule has 0 radical (unpaired) electrons. The molecule has 3 aromatic rings. The maximum absolute atomic E-state index is 6.34. The average Bonchev–Trinajstić information content (AvgIpc) is 2.83. The van der Waals surface area contributed by atoms with Gasteiger partial charge in [0.15, 0.2) is 0 Å². The molecule has 2 heterocycles. The van der Waals surface area contributed by atoms with Crippen LogP contribution in [0.25, 0.3) is 22.2 Å². The molecule has 0 saturated heterocycles. The zero-order chi connectivity index (χ0) is 15.9. The molecule has 7 heteroatoms. The number of hydrogen-bond donors (Lipinski definition) is 1. The van der Waals surface area contributed by atoms with Gasteiger partial charge in [-0.1, -0.05) is 34.8 Å². The van der Waals surface area contributed by atoms with Gasteiger partial charge in [0.2, 0.25) is 0 Å². The van der Waals surface area contributed by atoms with Crippen LogP contribution in [-0.4, -0.2) is 20.8 Å². The van der Waals surface area contributed by atoms with E-state index in [9.17, 15) is 0 Å². The van der Waals surface area contributed by atoms with Crippen LogP contribution in [0.1, 0.15) is 6.92 Å². The van der Waals surface area contributed by atoms with Gasteiger partial charge in [-0.05, 0) is 25.1 Å². The molecule has 2 aromatic heterocycles. The molecule has 114 valence electrons. The van der Waals surface area contributed by atoms with Gasteiger partial charge in [0, 0.05) is 29.4 Å². The molecule has 0 spiro atoms. The highest BCUT2D eigenvalue weighted by Crippen LogP contribution is 2.39. The quantitative estimate of drug-likeness (QED) is 0.708. The molecule has 22 heavy (non-hydrogen) atoms. The van der Waals surface area contributed by atoms with Crippen LogP contribution in [-0.2, 0) is 6.54 Å². The van der Waals surface area contributed by atoms with E-state index in [1.165, 1.54) is 0 Å². The van der Waals surface area contributed by atoms with Crippen LogP contribution in [0.3, 0.4) is 0 Å². The summed E-state index contributed by atoms with van der Waals surface area (Å²) >= 11 is 18.5. The Bertz CT molecular complexity index is 842. The summed E-state index contributed by atoms with van der Waals surface area (Å²) in [5, 5.41) is 6.64. The van der Waals surface area contributed by atoms with Crippen molar-refractivity contribution >= 4 is 45.7 Å². The van der Waals surface area contributed by atoms with Gasteiger partial charge in [0.25, 0.3) is 0 Å². The molecule has 0 aliphatic heterocycles. The first-order chi connectivity index (χ1) is 10.5. The topological polar surface area (TPSA) is 56.7 Å². The number of aromatic nitrogens is 3. The van der Waals surface area contributed by atoms with E-state index in [4.69, 9.17) is 40.5 Å². The zero-order valence-electron chi connectivity index (χ0n) is 11.7. The van der Waals surface area contributed by atoms with Gasteiger partial charge in [-0.2, -0.15) is 5.10 Å². The Morgan fingerprint density at radius 3 is 2.68 bits per heavy atom. The third kappa shape index (κ3) is 2.68. The first-order valence-corrected chi connectivity index (χ1v) is 7.82. The number of nitrogens with zero attached hydrogens (tertiary/aromatic N) is 3. The SMILES string of the molecule is CC(N)Cn1nc(-c2ccc(Cl)c(Cl)c2Cl)c2cnccc21. The average molecular weight is 356 g/mol. The second kappa shape index (κ2) is 6.05. The minimum atomic E-state index is -0.0200. The van der Waals surface area contributed by atoms with E-state index >= 15 is 0 Å². The van der Waals surface area contributed by atoms with Crippen LogP contribution < -0.4 is 5.73 Å². The third-order valence-corrected chi connectivity index (χ3v) is 4.60. The van der Waals surface area contributed by atoms with Gasteiger partial charge >= 0.3 is 0 Å². The Morgan fingerprint density at radius 1 is 1.18 bits per heavy atom. The number of pyridine rings is 1. The minimum Gasteiger partial charge on any atom is -0.326 e. The van der Waals surface area contributed by atoms with Crippen molar-refractivity contribution in [2.45, 2.75) is 19.5 Å². The Balaban J connectivity index is 2.26. The van der Waals surface area contributed by atoms with Crippen molar-refractivity contribution in [3.63, 3.8) is 0 Å². The van der Waals surface area contributed by atoms with Crippen LogP contribution in [0, 0.1) is 0 Å². The van der Waals surface area contributed by atoms with Crippen LogP contribution >= 0.6 is 34.8 Å². The molecule has 0 fully saturated rings. The van der Waals surface area contributed by atoms with Gasteiger partial charge in [0.1, 0.15) is 5.69 Å². The Kier molecular flexibility index (Phi) is 4.28. The van der Waals surface area contributed by atoms with E-state index in [2.05, 4.69) is 10.1 Å². The van der Waals surface area contributed by atoms with Crippen LogP contribution in [0.4, 0.5) is 0 Å². The highest BCUT2D eigenvalue weighted by molar-refractivity contribution is 6.49. The monoisotopic (exact) mass is 354 g/mol. The third-order valence-electron chi connectivity index (χ3n) is 3.30. The van der Waals surface area contributed by atoms with E-state index < -0.39 is 0 Å². The number of fused-ring (bicyclic) bond motifs is 1. The Morgan fingerprint density at radius 2 is 1.95 bits per heavy atom. The molecule has 0 aliphatic rings. The van der Waals surface area contributed by atoms with E-state index in [1.807, 2.05) is 23.7 Å². The fraction of sp³-hybridized carbons (Fsp3) is 0.200. The molecule has 0 bridgehead atoms. The molecule has 1 aromatic carbocycles. The number of nitrogens with two attached hydrogens (primary N) is 1. The lowest BCUT2D eigenvalue weighted by atomic mass is 10.1. The lowest BCUT2D eigenvalue weighted by molar-refractivity contribution is 0.554. The normalized spacial score (nSPS) is 12.8. The van der Waals surface area contributed by atoms with Gasteiger partial charge in [0.05, 0.1) is 27.1 Å².